The van der Waals surface area contributed by atoms with Crippen LogP contribution in [0.25, 0.3) is 0 Å². The lowest BCUT2D eigenvalue weighted by molar-refractivity contribution is -0.385. The van der Waals surface area contributed by atoms with E-state index in [0.717, 1.165) is 5.56 Å². The van der Waals surface area contributed by atoms with Crippen LogP contribution in [0.5, 0.6) is 0 Å². The lowest BCUT2D eigenvalue weighted by Gasteiger charge is -2.19. The molecule has 0 fully saturated rings. The van der Waals surface area contributed by atoms with Gasteiger partial charge in [-0.05, 0) is 34.3 Å². The first-order valence-electron chi connectivity index (χ1n) is 7.28. The molecule has 2 aromatic rings. The van der Waals surface area contributed by atoms with E-state index in [1.807, 2.05) is 30.3 Å². The van der Waals surface area contributed by atoms with Crippen molar-refractivity contribution < 1.29 is 14.8 Å². The van der Waals surface area contributed by atoms with Gasteiger partial charge in [0.1, 0.15) is 12.0 Å². The van der Waals surface area contributed by atoms with Gasteiger partial charge in [0.05, 0.1) is 9.40 Å². The van der Waals surface area contributed by atoms with Crippen LogP contribution in [0.4, 0.5) is 11.5 Å². The van der Waals surface area contributed by atoms with Crippen LogP contribution in [0.1, 0.15) is 18.4 Å². The third kappa shape index (κ3) is 5.31. The van der Waals surface area contributed by atoms with Crippen molar-refractivity contribution in [1.82, 2.24) is 4.98 Å². The number of hydrogen-bond donors (Lipinski definition) is 2. The van der Waals surface area contributed by atoms with Crippen LogP contribution in [-0.2, 0) is 11.2 Å². The molecule has 126 valence electrons. The number of benzene rings is 1. The van der Waals surface area contributed by atoms with Gasteiger partial charge in [-0.15, -0.1) is 0 Å². The number of pyridine rings is 1. The molecule has 0 bridgehead atoms. The van der Waals surface area contributed by atoms with Gasteiger partial charge in [0.2, 0.25) is 0 Å². The molecule has 1 heterocycles. The molecule has 1 aromatic carbocycles. The maximum atomic E-state index is 10.9. The van der Waals surface area contributed by atoms with Crippen LogP contribution in [0.15, 0.2) is 47.1 Å². The minimum atomic E-state index is -0.870. The highest BCUT2D eigenvalue weighted by Gasteiger charge is 2.16. The van der Waals surface area contributed by atoms with Crippen molar-refractivity contribution >= 4 is 33.4 Å². The van der Waals surface area contributed by atoms with Crippen LogP contribution in [0.3, 0.4) is 0 Å². The van der Waals surface area contributed by atoms with Gasteiger partial charge >= 0.3 is 5.97 Å². The number of halogens is 1. The molecule has 24 heavy (non-hydrogen) atoms. The number of nitro groups is 1. The third-order valence-electron chi connectivity index (χ3n) is 3.41. The fourth-order valence-corrected chi connectivity index (χ4v) is 2.70. The minimum Gasteiger partial charge on any atom is -0.481 e. The van der Waals surface area contributed by atoms with Crippen molar-refractivity contribution in [2.75, 3.05) is 5.32 Å². The summed E-state index contributed by atoms with van der Waals surface area (Å²) in [7, 11) is 0. The Balaban J connectivity index is 2.14. The van der Waals surface area contributed by atoms with E-state index in [-0.39, 0.29) is 18.2 Å². The van der Waals surface area contributed by atoms with Crippen molar-refractivity contribution in [3.8, 4) is 0 Å². The molecule has 0 amide bonds. The zero-order chi connectivity index (χ0) is 17.5. The number of nitrogens with zero attached hydrogens (tertiary/aromatic N) is 2. The molecule has 0 radical (unpaired) electrons. The molecule has 0 aliphatic heterocycles. The maximum absolute atomic E-state index is 10.9. The van der Waals surface area contributed by atoms with Crippen LogP contribution >= 0.6 is 15.9 Å². The Labute approximate surface area is 147 Å². The summed E-state index contributed by atoms with van der Waals surface area (Å²) in [5.41, 5.74) is 0.955. The quantitative estimate of drug-likeness (QED) is 0.523. The first-order chi connectivity index (χ1) is 11.5. The lowest BCUT2D eigenvalue weighted by Crippen LogP contribution is -2.24. The number of rotatable bonds is 8. The Morgan fingerprint density at radius 1 is 1.38 bits per heavy atom. The number of anilines is 1. The monoisotopic (exact) mass is 393 g/mol. The van der Waals surface area contributed by atoms with Gasteiger partial charge in [-0.2, -0.15) is 0 Å². The van der Waals surface area contributed by atoms with E-state index in [4.69, 9.17) is 5.11 Å². The molecule has 1 atom stereocenters. The summed E-state index contributed by atoms with van der Waals surface area (Å²) >= 11 is 3.26. The van der Waals surface area contributed by atoms with E-state index in [2.05, 4.69) is 26.2 Å². The minimum absolute atomic E-state index is 0.0229. The largest absolute Gasteiger partial charge is 0.481 e. The van der Waals surface area contributed by atoms with Gasteiger partial charge in [0, 0.05) is 18.5 Å². The SMILES string of the molecule is O=C(O)CCC(Cc1ccccc1)Nc1ncc([N+](=O)[O-])cc1Br. The number of carboxylic acids is 1. The Bertz CT molecular complexity index is 725. The first-order valence-corrected chi connectivity index (χ1v) is 8.07. The van der Waals surface area contributed by atoms with Crippen LogP contribution < -0.4 is 5.32 Å². The topological polar surface area (TPSA) is 105 Å². The predicted molar refractivity (Wildman–Crippen MR) is 93.0 cm³/mol. The number of nitrogens with one attached hydrogen (secondary N) is 1. The molecule has 0 aliphatic rings. The molecule has 1 aromatic heterocycles. The van der Waals surface area contributed by atoms with E-state index in [1.54, 1.807) is 0 Å². The van der Waals surface area contributed by atoms with Crippen molar-refractivity contribution in [2.24, 2.45) is 0 Å². The second kappa shape index (κ2) is 8.39. The van der Waals surface area contributed by atoms with Crippen molar-refractivity contribution in [3.63, 3.8) is 0 Å². The van der Waals surface area contributed by atoms with E-state index in [0.29, 0.717) is 23.1 Å². The molecule has 2 N–H and O–H groups in total. The molecule has 7 nitrogen and oxygen atoms in total. The van der Waals surface area contributed by atoms with E-state index in [9.17, 15) is 14.9 Å². The number of carbonyl (C=O) groups is 1. The molecule has 8 heteroatoms. The van der Waals surface area contributed by atoms with Gasteiger partial charge in [0.25, 0.3) is 5.69 Å². The third-order valence-corrected chi connectivity index (χ3v) is 4.01. The van der Waals surface area contributed by atoms with E-state index >= 15 is 0 Å². The highest BCUT2D eigenvalue weighted by Crippen LogP contribution is 2.26. The maximum Gasteiger partial charge on any atom is 0.303 e. The molecule has 1 unspecified atom stereocenters. The number of aromatic nitrogens is 1. The summed E-state index contributed by atoms with van der Waals surface area (Å²) in [6.45, 7) is 0. The number of carboxylic acid groups (broad SMARTS) is 1. The van der Waals surface area contributed by atoms with Crippen molar-refractivity contribution in [2.45, 2.75) is 25.3 Å². The van der Waals surface area contributed by atoms with Gasteiger partial charge in [0.15, 0.2) is 0 Å². The molecule has 2 rings (SSSR count). The summed E-state index contributed by atoms with van der Waals surface area (Å²) < 4.78 is 0.463. The summed E-state index contributed by atoms with van der Waals surface area (Å²) in [6.07, 6.45) is 2.23. The van der Waals surface area contributed by atoms with Gasteiger partial charge < -0.3 is 10.4 Å². The standard InChI is InChI=1S/C16H16BrN3O4/c17-14-9-13(20(23)24)10-18-16(14)19-12(6-7-15(21)22)8-11-4-2-1-3-5-11/h1-5,9-10,12H,6-8H2,(H,18,19)(H,21,22). The fraction of sp³-hybridized carbons (Fsp3) is 0.250. The summed E-state index contributed by atoms with van der Waals surface area (Å²) in [5.74, 6) is -0.419. The summed E-state index contributed by atoms with van der Waals surface area (Å²) in [4.78, 5) is 25.2. The first kappa shape index (κ1) is 17.9. The smallest absolute Gasteiger partial charge is 0.303 e. The zero-order valence-electron chi connectivity index (χ0n) is 12.7. The summed E-state index contributed by atoms with van der Waals surface area (Å²) in [5, 5.41) is 22.9. The van der Waals surface area contributed by atoms with Gasteiger partial charge in [-0.3, -0.25) is 14.9 Å². The fourth-order valence-electron chi connectivity index (χ4n) is 2.25. The Morgan fingerprint density at radius 2 is 2.08 bits per heavy atom. The van der Waals surface area contributed by atoms with Gasteiger partial charge in [-0.1, -0.05) is 30.3 Å². The van der Waals surface area contributed by atoms with E-state index < -0.39 is 10.9 Å². The Hall–Kier alpha value is -2.48. The Kier molecular flexibility index (Phi) is 6.25. The average molecular weight is 394 g/mol. The predicted octanol–water partition coefficient (Wildman–Crippen LogP) is 3.64. The molecule has 0 spiro atoms. The lowest BCUT2D eigenvalue weighted by atomic mass is 10.0. The highest BCUT2D eigenvalue weighted by molar-refractivity contribution is 9.10. The molecular weight excluding hydrogens is 378 g/mol. The normalized spacial score (nSPS) is 11.7. The zero-order valence-corrected chi connectivity index (χ0v) is 14.3. The number of aliphatic carboxylic acids is 1. The summed E-state index contributed by atoms with van der Waals surface area (Å²) in [6, 6.07) is 10.9. The molecule has 0 saturated heterocycles. The highest BCUT2D eigenvalue weighted by atomic mass is 79.9. The molecular formula is C16H16BrN3O4. The second-order valence-corrected chi connectivity index (χ2v) is 6.10. The Morgan fingerprint density at radius 3 is 2.67 bits per heavy atom. The molecule has 0 saturated carbocycles. The van der Waals surface area contributed by atoms with E-state index in [1.165, 1.54) is 12.3 Å². The van der Waals surface area contributed by atoms with Crippen molar-refractivity contribution in [3.05, 3.63) is 62.7 Å². The van der Waals surface area contributed by atoms with Crippen molar-refractivity contribution in [1.29, 1.82) is 0 Å². The van der Waals surface area contributed by atoms with Crippen LogP contribution in [0, 0.1) is 10.1 Å². The van der Waals surface area contributed by atoms with Crippen LogP contribution in [-0.4, -0.2) is 27.0 Å². The average Bonchev–Trinajstić information content (AvgIpc) is 2.55. The number of hydrogen-bond acceptors (Lipinski definition) is 5. The molecule has 0 aliphatic carbocycles. The second-order valence-electron chi connectivity index (χ2n) is 5.24. The van der Waals surface area contributed by atoms with Crippen LogP contribution in [0.2, 0.25) is 0 Å². The van der Waals surface area contributed by atoms with Gasteiger partial charge in [-0.25, -0.2) is 4.98 Å².